The van der Waals surface area contributed by atoms with Gasteiger partial charge in [0.1, 0.15) is 6.07 Å². The van der Waals surface area contributed by atoms with Gasteiger partial charge in [-0.05, 0) is 54.0 Å². The van der Waals surface area contributed by atoms with E-state index in [9.17, 15) is 10.1 Å². The van der Waals surface area contributed by atoms with E-state index >= 15 is 0 Å². The summed E-state index contributed by atoms with van der Waals surface area (Å²) in [7, 11) is 2.15. The summed E-state index contributed by atoms with van der Waals surface area (Å²) in [6.07, 6.45) is 2.49. The zero-order valence-corrected chi connectivity index (χ0v) is 21.2. The van der Waals surface area contributed by atoms with Gasteiger partial charge in [0.25, 0.3) is 5.91 Å². The maximum Gasteiger partial charge on any atom is 0.269 e. The topological polar surface area (TPSA) is 97.6 Å². The minimum absolute atomic E-state index is 0.0430. The number of carbonyl (C=O) groups is 1. The summed E-state index contributed by atoms with van der Waals surface area (Å²) in [5.74, 6) is 0.479. The summed E-state index contributed by atoms with van der Waals surface area (Å²) in [5, 5.41) is 11.0. The van der Waals surface area contributed by atoms with Crippen LogP contribution in [0.15, 0.2) is 34.9 Å². The number of hydrazine groups is 1. The molecule has 2 fully saturated rings. The van der Waals surface area contributed by atoms with Crippen LogP contribution in [0.3, 0.4) is 0 Å². The van der Waals surface area contributed by atoms with E-state index < -0.39 is 0 Å². The van der Waals surface area contributed by atoms with Crippen LogP contribution in [0.1, 0.15) is 35.1 Å². The van der Waals surface area contributed by atoms with Gasteiger partial charge in [-0.1, -0.05) is 12.1 Å². The lowest BCUT2D eigenvalue weighted by atomic mass is 10.0. The van der Waals surface area contributed by atoms with E-state index in [1.54, 1.807) is 5.01 Å². The molecule has 2 aliphatic rings. The first-order valence-electron chi connectivity index (χ1n) is 11.6. The van der Waals surface area contributed by atoms with Crippen molar-refractivity contribution in [2.75, 3.05) is 51.4 Å². The summed E-state index contributed by atoms with van der Waals surface area (Å²) >= 11 is 3.47. The first kappa shape index (κ1) is 24.5. The number of nitriles is 1. The van der Waals surface area contributed by atoms with Gasteiger partial charge < -0.3 is 9.64 Å². The minimum atomic E-state index is -0.235. The molecule has 2 unspecified atom stereocenters. The lowest BCUT2D eigenvalue weighted by Crippen LogP contribution is -2.46. The Morgan fingerprint density at radius 3 is 2.68 bits per heavy atom. The Balaban J connectivity index is 1.47. The summed E-state index contributed by atoms with van der Waals surface area (Å²) in [6, 6.07) is 9.70. The highest BCUT2D eigenvalue weighted by molar-refractivity contribution is 9.10. The van der Waals surface area contributed by atoms with Gasteiger partial charge in [0.15, 0.2) is 5.82 Å². The lowest BCUT2D eigenvalue weighted by molar-refractivity contribution is 0.0930. The number of hydrogen-bond acceptors (Lipinski definition) is 8. The quantitative estimate of drug-likeness (QED) is 0.548. The predicted octanol–water partition coefficient (Wildman–Crippen LogP) is 2.43. The first-order chi connectivity index (χ1) is 16.4. The number of aromatic nitrogens is 2. The van der Waals surface area contributed by atoms with Crippen LogP contribution in [-0.4, -0.2) is 78.2 Å². The normalized spacial score (nSPS) is 21.2. The molecule has 0 aliphatic carbocycles. The highest BCUT2D eigenvalue weighted by Gasteiger charge is 2.29. The van der Waals surface area contributed by atoms with Crippen LogP contribution in [0, 0.1) is 17.2 Å². The number of likely N-dealkylation sites (N-methyl/N-ethyl adjacent to an activating group) is 1. The van der Waals surface area contributed by atoms with Crippen LogP contribution in [0.2, 0.25) is 0 Å². The van der Waals surface area contributed by atoms with E-state index in [0.29, 0.717) is 29.0 Å². The number of nitrogens with one attached hydrogen (secondary N) is 1. The number of halogens is 1. The van der Waals surface area contributed by atoms with Gasteiger partial charge in [-0.3, -0.25) is 20.1 Å². The maximum absolute atomic E-state index is 13.2. The molecule has 10 heteroatoms. The smallest absolute Gasteiger partial charge is 0.269 e. The summed E-state index contributed by atoms with van der Waals surface area (Å²) in [5.41, 5.74) is 4.74. The van der Waals surface area contributed by atoms with Crippen molar-refractivity contribution in [1.82, 2.24) is 25.2 Å². The van der Waals surface area contributed by atoms with Crippen molar-refractivity contribution in [2.45, 2.75) is 26.0 Å². The second-order valence-electron chi connectivity index (χ2n) is 8.93. The predicted molar refractivity (Wildman–Crippen MR) is 132 cm³/mol. The molecular formula is C24H30BrN7O2. The van der Waals surface area contributed by atoms with E-state index in [4.69, 9.17) is 4.74 Å². The van der Waals surface area contributed by atoms with Crippen molar-refractivity contribution in [3.8, 4) is 6.07 Å². The van der Waals surface area contributed by atoms with E-state index in [-0.39, 0.29) is 23.8 Å². The molecule has 0 radical (unpaired) electrons. The zero-order chi connectivity index (χ0) is 24.1. The second kappa shape index (κ2) is 11.2. The standard InChI is InChI=1S/C24H30BrN7O2/c1-17-20(7-12-34-17)16-32(23-21(25)14-27-22(13-26)28-23)29-24(33)19-5-3-18(4-6-19)15-31-10-8-30(2)9-11-31/h3-6,14,17,20H,7-12,15-16H2,1-2H3,(H,29,33). The van der Waals surface area contributed by atoms with Gasteiger partial charge in [0.05, 0.1) is 10.6 Å². The van der Waals surface area contributed by atoms with Crippen LogP contribution in [0.25, 0.3) is 0 Å². The number of amides is 1. The maximum atomic E-state index is 13.2. The summed E-state index contributed by atoms with van der Waals surface area (Å²) in [4.78, 5) is 26.3. The third-order valence-corrected chi connectivity index (χ3v) is 7.05. The van der Waals surface area contributed by atoms with Gasteiger partial charge in [-0.15, -0.1) is 0 Å². The second-order valence-corrected chi connectivity index (χ2v) is 9.78. The van der Waals surface area contributed by atoms with Crippen LogP contribution in [-0.2, 0) is 11.3 Å². The SMILES string of the molecule is CC1OCCC1CN(NC(=O)c1ccc(CN2CCN(C)CC2)cc1)c1nc(C#N)ncc1Br. The highest BCUT2D eigenvalue weighted by Crippen LogP contribution is 2.27. The molecular weight excluding hydrogens is 498 g/mol. The molecule has 34 heavy (non-hydrogen) atoms. The molecule has 3 heterocycles. The Hall–Kier alpha value is -2.58. The Morgan fingerprint density at radius 2 is 2.03 bits per heavy atom. The number of hydrogen-bond donors (Lipinski definition) is 1. The lowest BCUT2D eigenvalue weighted by Gasteiger charge is -2.32. The number of piperazine rings is 1. The van der Waals surface area contributed by atoms with Crippen molar-refractivity contribution in [3.63, 3.8) is 0 Å². The van der Waals surface area contributed by atoms with Gasteiger partial charge in [0.2, 0.25) is 5.82 Å². The first-order valence-corrected chi connectivity index (χ1v) is 12.3. The van der Waals surface area contributed by atoms with E-state index in [1.807, 2.05) is 37.3 Å². The van der Waals surface area contributed by atoms with E-state index in [0.717, 1.165) is 39.1 Å². The Bertz CT molecular complexity index is 1030. The molecule has 1 N–H and O–H groups in total. The molecule has 2 saturated heterocycles. The van der Waals surface area contributed by atoms with Crippen molar-refractivity contribution < 1.29 is 9.53 Å². The number of nitrogens with zero attached hydrogens (tertiary/aromatic N) is 6. The van der Waals surface area contributed by atoms with Crippen molar-refractivity contribution >= 4 is 27.7 Å². The Labute approximate surface area is 208 Å². The fourth-order valence-electron chi connectivity index (χ4n) is 4.25. The molecule has 1 aromatic carbocycles. The van der Waals surface area contributed by atoms with Crippen LogP contribution < -0.4 is 10.4 Å². The van der Waals surface area contributed by atoms with Crippen molar-refractivity contribution in [1.29, 1.82) is 5.26 Å². The molecule has 2 atom stereocenters. The molecule has 1 amide bonds. The average molecular weight is 528 g/mol. The Morgan fingerprint density at radius 1 is 1.29 bits per heavy atom. The monoisotopic (exact) mass is 527 g/mol. The molecule has 2 aromatic rings. The largest absolute Gasteiger partial charge is 0.378 e. The number of benzene rings is 1. The average Bonchev–Trinajstić information content (AvgIpc) is 3.25. The molecule has 0 spiro atoms. The van der Waals surface area contributed by atoms with E-state index in [2.05, 4.69) is 48.2 Å². The fraction of sp³-hybridized carbons (Fsp3) is 0.500. The fourth-order valence-corrected chi connectivity index (χ4v) is 4.65. The molecule has 4 rings (SSSR count). The Kier molecular flexibility index (Phi) is 8.11. The number of anilines is 1. The molecule has 9 nitrogen and oxygen atoms in total. The third kappa shape index (κ3) is 6.10. The number of ether oxygens (including phenoxy) is 1. The van der Waals surface area contributed by atoms with Crippen LogP contribution in [0.5, 0.6) is 0 Å². The van der Waals surface area contributed by atoms with Crippen LogP contribution >= 0.6 is 15.9 Å². The van der Waals surface area contributed by atoms with Crippen molar-refractivity contribution in [2.24, 2.45) is 5.92 Å². The molecule has 0 saturated carbocycles. The van der Waals surface area contributed by atoms with Gasteiger partial charge in [-0.25, -0.2) is 4.98 Å². The zero-order valence-electron chi connectivity index (χ0n) is 19.6. The van der Waals surface area contributed by atoms with Gasteiger partial charge >= 0.3 is 0 Å². The third-order valence-electron chi connectivity index (χ3n) is 6.49. The number of rotatable bonds is 7. The molecule has 180 valence electrons. The number of carbonyl (C=O) groups excluding carboxylic acids is 1. The highest BCUT2D eigenvalue weighted by atomic mass is 79.9. The minimum Gasteiger partial charge on any atom is -0.378 e. The van der Waals surface area contributed by atoms with Gasteiger partial charge in [-0.2, -0.15) is 10.2 Å². The molecule has 0 bridgehead atoms. The molecule has 2 aliphatic heterocycles. The molecule has 1 aromatic heterocycles. The summed E-state index contributed by atoms with van der Waals surface area (Å²) in [6.45, 7) is 8.37. The van der Waals surface area contributed by atoms with E-state index in [1.165, 1.54) is 11.8 Å². The van der Waals surface area contributed by atoms with Crippen LogP contribution in [0.4, 0.5) is 5.82 Å². The summed E-state index contributed by atoms with van der Waals surface area (Å²) < 4.78 is 6.30. The van der Waals surface area contributed by atoms with Gasteiger partial charge in [0, 0.05) is 63.6 Å². The van der Waals surface area contributed by atoms with Crippen molar-refractivity contribution in [3.05, 3.63) is 51.9 Å².